The number of benzene rings is 3. The Labute approximate surface area is 163 Å². The van der Waals surface area contributed by atoms with Gasteiger partial charge in [-0.05, 0) is 42.0 Å². The van der Waals surface area contributed by atoms with Gasteiger partial charge < -0.3 is 14.8 Å². The summed E-state index contributed by atoms with van der Waals surface area (Å²) in [6.07, 6.45) is 1.94. The molecule has 0 saturated carbocycles. The lowest BCUT2D eigenvalue weighted by molar-refractivity contribution is -0.148. The monoisotopic (exact) mass is 375 g/mol. The Morgan fingerprint density at radius 2 is 1.68 bits per heavy atom. The normalized spacial score (nSPS) is 11.9. The maximum absolute atomic E-state index is 12.3. The fourth-order valence-electron chi connectivity index (χ4n) is 2.74. The zero-order valence-corrected chi connectivity index (χ0v) is 15.7. The lowest BCUT2D eigenvalue weighted by Gasteiger charge is -2.13. The van der Waals surface area contributed by atoms with E-state index in [9.17, 15) is 9.59 Å². The summed E-state index contributed by atoms with van der Waals surface area (Å²) in [6, 6.07) is 20.8. The third-order valence-electron chi connectivity index (χ3n) is 4.22. The fourth-order valence-corrected chi connectivity index (χ4v) is 2.74. The van der Waals surface area contributed by atoms with Gasteiger partial charge in [-0.1, -0.05) is 48.5 Å². The number of para-hydroxylation sites is 1. The van der Waals surface area contributed by atoms with Crippen LogP contribution >= 0.6 is 0 Å². The number of anilines is 1. The van der Waals surface area contributed by atoms with E-state index in [-0.39, 0.29) is 0 Å². The number of fused-ring (bicyclic) bond motifs is 1. The number of carbonyl (C=O) groups excluding carboxylic acids is 2. The third-order valence-corrected chi connectivity index (χ3v) is 4.22. The minimum absolute atomic E-state index is 0.394. The van der Waals surface area contributed by atoms with Gasteiger partial charge in [-0.15, -0.1) is 0 Å². The molecule has 28 heavy (non-hydrogen) atoms. The number of esters is 1. The van der Waals surface area contributed by atoms with Gasteiger partial charge in [0, 0.05) is 17.3 Å². The topological polar surface area (TPSA) is 64.6 Å². The standard InChI is InChI=1S/C23H21NO4/c1-16(28-22(25)14-12-18-8-5-6-10-21(18)27-2)23(26)24-20-13-11-17-7-3-4-9-19(17)15-20/h3-16H,1-2H3,(H,24,26)/b14-12+/t16-/m0/s1. The van der Waals surface area contributed by atoms with Crippen molar-refractivity contribution in [3.8, 4) is 5.75 Å². The van der Waals surface area contributed by atoms with Gasteiger partial charge in [0.05, 0.1) is 7.11 Å². The molecule has 5 heteroatoms. The third kappa shape index (κ3) is 4.76. The zero-order valence-electron chi connectivity index (χ0n) is 15.7. The molecule has 0 radical (unpaired) electrons. The van der Waals surface area contributed by atoms with Gasteiger partial charge in [-0.2, -0.15) is 0 Å². The molecule has 5 nitrogen and oxygen atoms in total. The average Bonchev–Trinajstić information content (AvgIpc) is 2.72. The molecule has 0 aliphatic rings. The number of carbonyl (C=O) groups is 2. The van der Waals surface area contributed by atoms with E-state index in [4.69, 9.17) is 9.47 Å². The van der Waals surface area contributed by atoms with Crippen LogP contribution in [-0.2, 0) is 14.3 Å². The Balaban J connectivity index is 1.59. The number of hydrogen-bond acceptors (Lipinski definition) is 4. The lowest BCUT2D eigenvalue weighted by Crippen LogP contribution is -2.29. The Morgan fingerprint density at radius 1 is 0.964 bits per heavy atom. The molecule has 142 valence electrons. The molecule has 0 saturated heterocycles. The van der Waals surface area contributed by atoms with Crippen LogP contribution in [-0.4, -0.2) is 25.1 Å². The second-order valence-electron chi connectivity index (χ2n) is 6.21. The number of ether oxygens (including phenoxy) is 2. The first-order valence-electron chi connectivity index (χ1n) is 8.88. The van der Waals surface area contributed by atoms with E-state index in [0.29, 0.717) is 11.4 Å². The summed E-state index contributed by atoms with van der Waals surface area (Å²) in [6.45, 7) is 1.53. The molecule has 0 aliphatic heterocycles. The largest absolute Gasteiger partial charge is 0.496 e. The first kappa shape index (κ1) is 19.2. The van der Waals surface area contributed by atoms with Crippen LogP contribution < -0.4 is 10.1 Å². The number of nitrogens with one attached hydrogen (secondary N) is 1. The summed E-state index contributed by atoms with van der Waals surface area (Å²) in [7, 11) is 1.56. The second-order valence-corrected chi connectivity index (χ2v) is 6.21. The summed E-state index contributed by atoms with van der Waals surface area (Å²) in [5.41, 5.74) is 1.39. The van der Waals surface area contributed by atoms with Crippen LogP contribution in [0.2, 0.25) is 0 Å². The lowest BCUT2D eigenvalue weighted by atomic mass is 10.1. The molecule has 3 aromatic carbocycles. The van der Waals surface area contributed by atoms with Gasteiger partial charge in [0.15, 0.2) is 6.10 Å². The van der Waals surface area contributed by atoms with E-state index >= 15 is 0 Å². The van der Waals surface area contributed by atoms with Gasteiger partial charge in [0.1, 0.15) is 5.75 Å². The minimum atomic E-state index is -0.929. The molecule has 0 bridgehead atoms. The molecule has 0 spiro atoms. The van der Waals surface area contributed by atoms with Gasteiger partial charge in [0.25, 0.3) is 5.91 Å². The van der Waals surface area contributed by atoms with Crippen molar-refractivity contribution in [1.29, 1.82) is 0 Å². The molecule has 3 aromatic rings. The molecule has 3 rings (SSSR count). The fraction of sp³-hybridized carbons (Fsp3) is 0.130. The molecular formula is C23H21NO4. The molecule has 0 aliphatic carbocycles. The average molecular weight is 375 g/mol. The Morgan fingerprint density at radius 3 is 2.46 bits per heavy atom. The maximum Gasteiger partial charge on any atom is 0.331 e. The van der Waals surface area contributed by atoms with Crippen molar-refractivity contribution in [2.45, 2.75) is 13.0 Å². The summed E-state index contributed by atoms with van der Waals surface area (Å²) >= 11 is 0. The SMILES string of the molecule is COc1ccccc1/C=C/C(=O)O[C@@H](C)C(=O)Nc1ccc2ccccc2c1. The van der Waals surface area contributed by atoms with Crippen LogP contribution in [0.1, 0.15) is 12.5 Å². The van der Waals surface area contributed by atoms with Crippen molar-refractivity contribution >= 4 is 34.4 Å². The van der Waals surface area contributed by atoms with E-state index in [1.807, 2.05) is 60.7 Å². The first-order valence-corrected chi connectivity index (χ1v) is 8.88. The number of amides is 1. The van der Waals surface area contributed by atoms with Gasteiger partial charge in [0.2, 0.25) is 0 Å². The predicted molar refractivity (Wildman–Crippen MR) is 110 cm³/mol. The van der Waals surface area contributed by atoms with Crippen molar-refractivity contribution in [3.63, 3.8) is 0 Å². The Kier molecular flexibility index (Phi) is 6.07. The highest BCUT2D eigenvalue weighted by molar-refractivity contribution is 5.98. The van der Waals surface area contributed by atoms with Crippen LogP contribution in [0.25, 0.3) is 16.8 Å². The maximum atomic E-state index is 12.3. The highest BCUT2D eigenvalue weighted by Gasteiger charge is 2.17. The zero-order chi connectivity index (χ0) is 19.9. The summed E-state index contributed by atoms with van der Waals surface area (Å²) in [5, 5.41) is 4.87. The van der Waals surface area contributed by atoms with Gasteiger partial charge >= 0.3 is 5.97 Å². The van der Waals surface area contributed by atoms with Gasteiger partial charge in [-0.3, -0.25) is 4.79 Å². The molecular weight excluding hydrogens is 354 g/mol. The van der Waals surface area contributed by atoms with Crippen LogP contribution in [0.3, 0.4) is 0 Å². The molecule has 1 N–H and O–H groups in total. The number of rotatable bonds is 6. The second kappa shape index (κ2) is 8.86. The van der Waals surface area contributed by atoms with Crippen LogP contribution in [0.5, 0.6) is 5.75 Å². The quantitative estimate of drug-likeness (QED) is 0.511. The molecule has 1 atom stereocenters. The highest BCUT2D eigenvalue weighted by Crippen LogP contribution is 2.20. The minimum Gasteiger partial charge on any atom is -0.496 e. The molecule has 0 fully saturated rings. The van der Waals surface area contributed by atoms with Crippen LogP contribution in [0.15, 0.2) is 72.8 Å². The summed E-state index contributed by atoms with van der Waals surface area (Å²) in [4.78, 5) is 24.4. The Hall–Kier alpha value is -3.60. The number of methoxy groups -OCH3 is 1. The van der Waals surface area contributed by atoms with Crippen molar-refractivity contribution in [2.24, 2.45) is 0 Å². The first-order chi connectivity index (χ1) is 13.6. The molecule has 0 aromatic heterocycles. The molecule has 1 amide bonds. The molecule has 0 unspecified atom stereocenters. The molecule has 0 heterocycles. The van der Waals surface area contributed by atoms with Crippen molar-refractivity contribution in [2.75, 3.05) is 12.4 Å². The Bertz CT molecular complexity index is 1030. The van der Waals surface area contributed by atoms with E-state index < -0.39 is 18.0 Å². The smallest absolute Gasteiger partial charge is 0.331 e. The van der Waals surface area contributed by atoms with E-state index in [2.05, 4.69) is 5.32 Å². The highest BCUT2D eigenvalue weighted by atomic mass is 16.5. The van der Waals surface area contributed by atoms with E-state index in [1.165, 1.54) is 13.0 Å². The van der Waals surface area contributed by atoms with E-state index in [0.717, 1.165) is 16.3 Å². The summed E-state index contributed by atoms with van der Waals surface area (Å²) in [5.74, 6) is -0.352. The van der Waals surface area contributed by atoms with Crippen molar-refractivity contribution in [1.82, 2.24) is 0 Å². The van der Waals surface area contributed by atoms with Crippen molar-refractivity contribution < 1.29 is 19.1 Å². The summed E-state index contributed by atoms with van der Waals surface area (Å²) < 4.78 is 10.4. The van der Waals surface area contributed by atoms with Crippen molar-refractivity contribution in [3.05, 3.63) is 78.4 Å². The van der Waals surface area contributed by atoms with Gasteiger partial charge in [-0.25, -0.2) is 4.79 Å². The van der Waals surface area contributed by atoms with Crippen LogP contribution in [0.4, 0.5) is 5.69 Å². The number of hydrogen-bond donors (Lipinski definition) is 1. The predicted octanol–water partition coefficient (Wildman–Crippen LogP) is 4.43. The van der Waals surface area contributed by atoms with E-state index in [1.54, 1.807) is 19.3 Å². The van der Waals surface area contributed by atoms with Crippen LogP contribution in [0, 0.1) is 0 Å².